The molecule has 0 aromatic rings. The van der Waals surface area contributed by atoms with E-state index in [0.29, 0.717) is 0 Å². The average Bonchev–Trinajstić information content (AvgIpc) is 2.13. The molecule has 0 spiro atoms. The van der Waals surface area contributed by atoms with Crippen molar-refractivity contribution < 1.29 is 0 Å². The van der Waals surface area contributed by atoms with E-state index in [-0.39, 0.29) is 5.41 Å². The van der Waals surface area contributed by atoms with E-state index in [4.69, 9.17) is 5.26 Å². The summed E-state index contributed by atoms with van der Waals surface area (Å²) in [4.78, 5) is 0. The first-order chi connectivity index (χ1) is 5.74. The van der Waals surface area contributed by atoms with Gasteiger partial charge in [-0.2, -0.15) is 5.26 Å². The lowest BCUT2D eigenvalue weighted by Crippen LogP contribution is -2.13. The van der Waals surface area contributed by atoms with Crippen molar-refractivity contribution in [2.45, 2.75) is 33.1 Å². The molecule has 0 aromatic carbocycles. The topological polar surface area (TPSA) is 23.8 Å². The van der Waals surface area contributed by atoms with Crippen LogP contribution in [0.4, 0.5) is 0 Å². The largest absolute Gasteiger partial charge is 0.197 e. The molecule has 0 aliphatic rings. The number of hydrogen-bond donors (Lipinski definition) is 0. The van der Waals surface area contributed by atoms with Gasteiger partial charge in [0.25, 0.3) is 0 Å². The molecule has 0 rings (SSSR count). The lowest BCUT2D eigenvalue weighted by molar-refractivity contribution is 0.464. The molecule has 0 heterocycles. The summed E-state index contributed by atoms with van der Waals surface area (Å²) < 4.78 is 0. The Bertz CT molecular complexity index is 198. The fourth-order valence-corrected chi connectivity index (χ4v) is 1.21. The molecule has 0 fully saturated rings. The summed E-state index contributed by atoms with van der Waals surface area (Å²) in [5, 5.41) is 8.98. The standard InChI is InChI=1S/C11H17N/c1-4-7-9-11(6-3,10-12)8-5-2/h4,6-7H,3,5,8-9H2,1-2H3/b7-4+. The molecule has 0 amide bonds. The van der Waals surface area contributed by atoms with Crippen molar-refractivity contribution in [2.24, 2.45) is 5.41 Å². The Morgan fingerprint density at radius 2 is 2.25 bits per heavy atom. The highest BCUT2D eigenvalue weighted by Gasteiger charge is 2.22. The smallest absolute Gasteiger partial charge is 0.0785 e. The number of nitrogens with zero attached hydrogens (tertiary/aromatic N) is 1. The van der Waals surface area contributed by atoms with E-state index in [1.165, 1.54) is 0 Å². The zero-order chi connectivity index (χ0) is 9.45. The minimum Gasteiger partial charge on any atom is -0.197 e. The third-order valence-corrected chi connectivity index (χ3v) is 2.03. The Balaban J connectivity index is 4.37. The van der Waals surface area contributed by atoms with E-state index in [1.54, 1.807) is 6.08 Å². The maximum Gasteiger partial charge on any atom is 0.0785 e. The van der Waals surface area contributed by atoms with Crippen molar-refractivity contribution in [2.75, 3.05) is 0 Å². The van der Waals surface area contributed by atoms with Gasteiger partial charge in [0.15, 0.2) is 0 Å². The minimum absolute atomic E-state index is 0.332. The Labute approximate surface area is 75.4 Å². The summed E-state index contributed by atoms with van der Waals surface area (Å²) in [5.41, 5.74) is -0.332. The van der Waals surface area contributed by atoms with Gasteiger partial charge in [0.2, 0.25) is 0 Å². The van der Waals surface area contributed by atoms with Gasteiger partial charge in [0.1, 0.15) is 0 Å². The highest BCUT2D eigenvalue weighted by atomic mass is 14.3. The van der Waals surface area contributed by atoms with Crippen LogP contribution >= 0.6 is 0 Å². The van der Waals surface area contributed by atoms with E-state index in [9.17, 15) is 0 Å². The fraction of sp³-hybridized carbons (Fsp3) is 0.545. The van der Waals surface area contributed by atoms with Crippen molar-refractivity contribution in [1.29, 1.82) is 5.26 Å². The van der Waals surface area contributed by atoms with Gasteiger partial charge in [0.05, 0.1) is 11.5 Å². The molecule has 0 saturated heterocycles. The molecule has 0 bridgehead atoms. The van der Waals surface area contributed by atoms with Gasteiger partial charge < -0.3 is 0 Å². The van der Waals surface area contributed by atoms with Crippen LogP contribution in [0.5, 0.6) is 0 Å². The molecule has 1 heteroatoms. The quantitative estimate of drug-likeness (QED) is 0.569. The molecule has 0 saturated carbocycles. The maximum absolute atomic E-state index is 8.98. The van der Waals surface area contributed by atoms with Crippen molar-refractivity contribution in [1.82, 2.24) is 0 Å². The van der Waals surface area contributed by atoms with E-state index in [1.807, 2.05) is 19.1 Å². The highest BCUT2D eigenvalue weighted by molar-refractivity contribution is 5.12. The second-order valence-corrected chi connectivity index (χ2v) is 3.00. The summed E-state index contributed by atoms with van der Waals surface area (Å²) in [6, 6.07) is 2.33. The van der Waals surface area contributed by atoms with Gasteiger partial charge in [-0.05, 0) is 19.8 Å². The molecule has 0 aliphatic carbocycles. The summed E-state index contributed by atoms with van der Waals surface area (Å²) in [6.45, 7) is 7.78. The van der Waals surface area contributed by atoms with E-state index in [0.717, 1.165) is 19.3 Å². The van der Waals surface area contributed by atoms with Gasteiger partial charge in [-0.3, -0.25) is 0 Å². The second kappa shape index (κ2) is 5.60. The first kappa shape index (κ1) is 11.0. The Kier molecular flexibility index (Phi) is 5.12. The van der Waals surface area contributed by atoms with Crippen molar-refractivity contribution in [3.63, 3.8) is 0 Å². The van der Waals surface area contributed by atoms with Crippen LogP contribution in [0, 0.1) is 16.7 Å². The van der Waals surface area contributed by atoms with E-state index in [2.05, 4.69) is 19.6 Å². The summed E-state index contributed by atoms with van der Waals surface area (Å²) in [7, 11) is 0. The van der Waals surface area contributed by atoms with Crippen LogP contribution in [0.3, 0.4) is 0 Å². The second-order valence-electron chi connectivity index (χ2n) is 3.00. The predicted molar refractivity (Wildman–Crippen MR) is 52.6 cm³/mol. The van der Waals surface area contributed by atoms with Crippen LogP contribution in [0.1, 0.15) is 33.1 Å². The molecule has 1 unspecified atom stereocenters. The molecule has 66 valence electrons. The third kappa shape index (κ3) is 2.92. The first-order valence-electron chi connectivity index (χ1n) is 4.40. The Morgan fingerprint density at radius 3 is 2.58 bits per heavy atom. The molecule has 0 radical (unpaired) electrons. The molecular formula is C11H17N. The number of hydrogen-bond acceptors (Lipinski definition) is 1. The normalized spacial score (nSPS) is 15.4. The Hall–Kier alpha value is -1.03. The van der Waals surface area contributed by atoms with Gasteiger partial charge in [-0.1, -0.05) is 31.6 Å². The van der Waals surface area contributed by atoms with Crippen LogP contribution in [-0.4, -0.2) is 0 Å². The van der Waals surface area contributed by atoms with E-state index < -0.39 is 0 Å². The van der Waals surface area contributed by atoms with Crippen molar-refractivity contribution >= 4 is 0 Å². The van der Waals surface area contributed by atoms with E-state index >= 15 is 0 Å². The summed E-state index contributed by atoms with van der Waals surface area (Å²) >= 11 is 0. The van der Waals surface area contributed by atoms with Gasteiger partial charge in [-0.25, -0.2) is 0 Å². The molecule has 0 aliphatic heterocycles. The molecule has 1 atom stereocenters. The third-order valence-electron chi connectivity index (χ3n) is 2.03. The summed E-state index contributed by atoms with van der Waals surface area (Å²) in [6.07, 6.45) is 8.49. The monoisotopic (exact) mass is 163 g/mol. The highest BCUT2D eigenvalue weighted by Crippen LogP contribution is 2.28. The maximum atomic E-state index is 8.98. The van der Waals surface area contributed by atoms with Crippen molar-refractivity contribution in [3.05, 3.63) is 24.8 Å². The van der Waals surface area contributed by atoms with Crippen molar-refractivity contribution in [3.8, 4) is 6.07 Å². The molecule has 12 heavy (non-hydrogen) atoms. The minimum atomic E-state index is -0.332. The number of rotatable bonds is 5. The van der Waals surface area contributed by atoms with Gasteiger partial charge in [-0.15, -0.1) is 6.58 Å². The fourth-order valence-electron chi connectivity index (χ4n) is 1.21. The average molecular weight is 163 g/mol. The SMILES string of the molecule is C=CC(C#N)(C/C=C/C)CCC. The predicted octanol–water partition coefficient (Wildman–Crippen LogP) is 3.45. The van der Waals surface area contributed by atoms with Crippen LogP contribution in [0.25, 0.3) is 0 Å². The molecule has 0 N–H and O–H groups in total. The van der Waals surface area contributed by atoms with Gasteiger partial charge >= 0.3 is 0 Å². The van der Waals surface area contributed by atoms with Crippen LogP contribution in [-0.2, 0) is 0 Å². The zero-order valence-electron chi connectivity index (χ0n) is 8.01. The number of nitriles is 1. The first-order valence-corrected chi connectivity index (χ1v) is 4.40. The van der Waals surface area contributed by atoms with Crippen LogP contribution in [0.15, 0.2) is 24.8 Å². The molecule has 1 nitrogen and oxygen atoms in total. The molecule has 0 aromatic heterocycles. The molecular weight excluding hydrogens is 146 g/mol. The van der Waals surface area contributed by atoms with Crippen LogP contribution in [0.2, 0.25) is 0 Å². The lowest BCUT2D eigenvalue weighted by atomic mass is 9.82. The zero-order valence-corrected chi connectivity index (χ0v) is 8.01. The number of allylic oxidation sites excluding steroid dienone is 3. The van der Waals surface area contributed by atoms with Gasteiger partial charge in [0, 0.05) is 0 Å². The van der Waals surface area contributed by atoms with Crippen LogP contribution < -0.4 is 0 Å². The summed E-state index contributed by atoms with van der Waals surface area (Å²) in [5.74, 6) is 0. The lowest BCUT2D eigenvalue weighted by Gasteiger charge is -2.19. The Morgan fingerprint density at radius 1 is 1.58 bits per heavy atom.